The highest BCUT2D eigenvalue weighted by Crippen LogP contribution is 2.25. The molecule has 3 nitrogen and oxygen atoms in total. The molecule has 0 saturated carbocycles. The van der Waals surface area contributed by atoms with Gasteiger partial charge in [-0.1, -0.05) is 43.3 Å². The highest BCUT2D eigenvalue weighted by molar-refractivity contribution is 5.84. The largest absolute Gasteiger partial charge is 0.352 e. The maximum Gasteiger partial charge on any atom is 0.157 e. The van der Waals surface area contributed by atoms with Crippen molar-refractivity contribution in [1.29, 1.82) is 5.26 Å². The molecule has 0 unspecified atom stereocenters. The van der Waals surface area contributed by atoms with Crippen LogP contribution in [0.1, 0.15) is 42.0 Å². The van der Waals surface area contributed by atoms with Gasteiger partial charge in [-0.25, -0.2) is 8.78 Å². The first-order chi connectivity index (χ1) is 15.6. The average Bonchev–Trinajstić information content (AvgIpc) is 2.82. The summed E-state index contributed by atoms with van der Waals surface area (Å²) in [5, 5.41) is 10.3. The molecular weight excluding hydrogens is 408 g/mol. The number of halogens is 2. The third-order valence-corrected chi connectivity index (χ3v) is 6.22. The zero-order chi connectivity index (χ0) is 22.5. The predicted octanol–water partition coefficient (Wildman–Crippen LogP) is 6.11. The molecule has 0 aromatic heterocycles. The van der Waals surface area contributed by atoms with Gasteiger partial charge in [-0.2, -0.15) is 5.26 Å². The van der Waals surface area contributed by atoms with E-state index in [1.807, 2.05) is 30.3 Å². The lowest BCUT2D eigenvalue weighted by atomic mass is 9.97. The minimum absolute atomic E-state index is 0.0215. The fraction of sp³-hybridized carbons (Fsp3) is 0.370. The highest BCUT2D eigenvalue weighted by atomic mass is 19.1. The maximum atomic E-state index is 15.1. The van der Waals surface area contributed by atoms with Gasteiger partial charge < -0.3 is 9.47 Å². The van der Waals surface area contributed by atoms with Crippen LogP contribution in [0.25, 0.3) is 10.8 Å². The minimum Gasteiger partial charge on any atom is -0.352 e. The van der Waals surface area contributed by atoms with Crippen LogP contribution in [-0.2, 0) is 28.7 Å². The summed E-state index contributed by atoms with van der Waals surface area (Å²) in [6.07, 6.45) is 3.46. The Labute approximate surface area is 187 Å². The Hall–Kier alpha value is -2.81. The molecule has 1 fully saturated rings. The van der Waals surface area contributed by atoms with Crippen molar-refractivity contribution in [3.05, 3.63) is 82.4 Å². The van der Waals surface area contributed by atoms with Crippen LogP contribution in [-0.4, -0.2) is 19.5 Å². The average molecular weight is 436 g/mol. The zero-order valence-electron chi connectivity index (χ0n) is 18.2. The molecule has 0 N–H and O–H groups in total. The monoisotopic (exact) mass is 435 g/mol. The second kappa shape index (κ2) is 10.2. The molecule has 0 amide bonds. The van der Waals surface area contributed by atoms with Crippen LogP contribution in [0.15, 0.2) is 48.5 Å². The summed E-state index contributed by atoms with van der Waals surface area (Å²) in [4.78, 5) is 0. The molecule has 5 heteroatoms. The Balaban J connectivity index is 1.40. The van der Waals surface area contributed by atoms with Gasteiger partial charge in [0.1, 0.15) is 17.7 Å². The summed E-state index contributed by atoms with van der Waals surface area (Å²) in [6, 6.07) is 15.9. The van der Waals surface area contributed by atoms with Gasteiger partial charge in [0.25, 0.3) is 0 Å². The molecular formula is C27H27F2NO2. The van der Waals surface area contributed by atoms with Crippen LogP contribution in [0.2, 0.25) is 0 Å². The first-order valence-electron chi connectivity index (χ1n) is 11.2. The number of ether oxygens (including phenoxy) is 2. The van der Waals surface area contributed by atoms with Gasteiger partial charge >= 0.3 is 0 Å². The standard InChI is InChI=1S/C27H27F2NO2/c1-2-18-16-31-26(32-17-18)12-6-19-5-11-24-22(13-19)10-9-21(27(24)29)7-3-20-4-8-23(15-30)25(28)14-20/h4-5,8-11,13-14,18,26H,2-3,6-7,12,16-17H2,1H3. The van der Waals surface area contributed by atoms with Crippen LogP contribution in [0, 0.1) is 28.9 Å². The second-order valence-corrected chi connectivity index (χ2v) is 8.43. The van der Waals surface area contributed by atoms with Crippen molar-refractivity contribution in [2.45, 2.75) is 45.3 Å². The summed E-state index contributed by atoms with van der Waals surface area (Å²) >= 11 is 0. The lowest BCUT2D eigenvalue weighted by molar-refractivity contribution is -0.202. The molecule has 166 valence electrons. The van der Waals surface area contributed by atoms with E-state index < -0.39 is 5.82 Å². The van der Waals surface area contributed by atoms with E-state index in [4.69, 9.17) is 14.7 Å². The fourth-order valence-electron chi connectivity index (χ4n) is 4.09. The van der Waals surface area contributed by atoms with Gasteiger partial charge in [0.15, 0.2) is 6.29 Å². The van der Waals surface area contributed by atoms with E-state index in [0.717, 1.165) is 49.0 Å². The van der Waals surface area contributed by atoms with Gasteiger partial charge in [0, 0.05) is 17.7 Å². The van der Waals surface area contributed by atoms with E-state index in [-0.39, 0.29) is 17.7 Å². The molecule has 1 saturated heterocycles. The van der Waals surface area contributed by atoms with Gasteiger partial charge in [-0.3, -0.25) is 0 Å². The molecule has 0 radical (unpaired) electrons. The summed E-state index contributed by atoms with van der Waals surface area (Å²) in [5.74, 6) is -0.279. The molecule has 32 heavy (non-hydrogen) atoms. The van der Waals surface area contributed by atoms with Crippen molar-refractivity contribution in [3.63, 3.8) is 0 Å². The Bertz CT molecular complexity index is 1130. The van der Waals surface area contributed by atoms with Gasteiger partial charge in [-0.05, 0) is 59.9 Å². The summed E-state index contributed by atoms with van der Waals surface area (Å²) in [5.41, 5.74) is 2.49. The maximum absolute atomic E-state index is 15.1. The Morgan fingerprint density at radius 2 is 1.69 bits per heavy atom. The van der Waals surface area contributed by atoms with Crippen molar-refractivity contribution in [1.82, 2.24) is 0 Å². The second-order valence-electron chi connectivity index (χ2n) is 8.43. The van der Waals surface area contributed by atoms with E-state index in [9.17, 15) is 4.39 Å². The predicted molar refractivity (Wildman–Crippen MR) is 120 cm³/mol. The highest BCUT2D eigenvalue weighted by Gasteiger charge is 2.20. The molecule has 3 aromatic carbocycles. The lowest BCUT2D eigenvalue weighted by Gasteiger charge is -2.28. The summed E-state index contributed by atoms with van der Waals surface area (Å²) in [7, 11) is 0. The van der Waals surface area contributed by atoms with E-state index >= 15 is 4.39 Å². The topological polar surface area (TPSA) is 42.2 Å². The minimum atomic E-state index is -0.536. The number of fused-ring (bicyclic) bond motifs is 1. The van der Waals surface area contributed by atoms with Crippen LogP contribution >= 0.6 is 0 Å². The van der Waals surface area contributed by atoms with Crippen molar-refractivity contribution in [3.8, 4) is 6.07 Å². The first-order valence-corrected chi connectivity index (χ1v) is 11.2. The van der Waals surface area contributed by atoms with E-state index in [2.05, 4.69) is 6.92 Å². The number of aryl methyl sites for hydroxylation is 3. The first kappa shape index (κ1) is 22.4. The molecule has 3 aromatic rings. The Kier molecular flexibility index (Phi) is 7.14. The molecule has 1 aliphatic rings. The summed E-state index contributed by atoms with van der Waals surface area (Å²) < 4.78 is 40.5. The number of nitriles is 1. The van der Waals surface area contributed by atoms with Crippen LogP contribution in [0.3, 0.4) is 0 Å². The van der Waals surface area contributed by atoms with E-state index in [1.165, 1.54) is 12.1 Å². The fourth-order valence-corrected chi connectivity index (χ4v) is 4.09. The van der Waals surface area contributed by atoms with Crippen molar-refractivity contribution in [2.75, 3.05) is 13.2 Å². The van der Waals surface area contributed by atoms with Crippen molar-refractivity contribution in [2.24, 2.45) is 5.92 Å². The SMILES string of the molecule is CCC1COC(CCc2ccc3c(F)c(CCc4ccc(C#N)c(F)c4)ccc3c2)OC1. The van der Waals surface area contributed by atoms with Crippen LogP contribution < -0.4 is 0 Å². The molecule has 0 aliphatic carbocycles. The Morgan fingerprint density at radius 3 is 2.41 bits per heavy atom. The van der Waals surface area contributed by atoms with Crippen LogP contribution in [0.4, 0.5) is 8.78 Å². The number of hydrogen-bond donors (Lipinski definition) is 0. The van der Waals surface area contributed by atoms with E-state index in [0.29, 0.717) is 29.7 Å². The number of rotatable bonds is 7. The number of benzene rings is 3. The third-order valence-electron chi connectivity index (χ3n) is 6.22. The molecule has 1 heterocycles. The zero-order valence-corrected chi connectivity index (χ0v) is 18.2. The number of nitrogens with zero attached hydrogens (tertiary/aromatic N) is 1. The molecule has 0 spiro atoms. The molecule has 4 rings (SSSR count). The van der Waals surface area contributed by atoms with E-state index in [1.54, 1.807) is 12.1 Å². The quantitative estimate of drug-likeness (QED) is 0.450. The van der Waals surface area contributed by atoms with Gasteiger partial charge in [0.2, 0.25) is 0 Å². The molecule has 0 atom stereocenters. The summed E-state index contributed by atoms with van der Waals surface area (Å²) in [6.45, 7) is 3.65. The molecule has 0 bridgehead atoms. The van der Waals surface area contributed by atoms with Crippen molar-refractivity contribution >= 4 is 10.8 Å². The van der Waals surface area contributed by atoms with Gasteiger partial charge in [0.05, 0.1) is 18.8 Å². The Morgan fingerprint density at radius 1 is 0.938 bits per heavy atom. The van der Waals surface area contributed by atoms with Gasteiger partial charge in [-0.15, -0.1) is 0 Å². The molecule has 1 aliphatic heterocycles. The third kappa shape index (κ3) is 5.15. The van der Waals surface area contributed by atoms with Crippen LogP contribution in [0.5, 0.6) is 0 Å². The lowest BCUT2D eigenvalue weighted by Crippen LogP contribution is -2.32. The number of hydrogen-bond acceptors (Lipinski definition) is 3. The van der Waals surface area contributed by atoms with Crippen molar-refractivity contribution < 1.29 is 18.3 Å². The smallest absolute Gasteiger partial charge is 0.157 e. The normalized spacial score (nSPS) is 18.6.